The van der Waals surface area contributed by atoms with Gasteiger partial charge in [0.2, 0.25) is 0 Å². The van der Waals surface area contributed by atoms with Crippen molar-refractivity contribution in [1.82, 2.24) is 0 Å². The molecule has 0 spiro atoms. The zero-order chi connectivity index (χ0) is 20.1. The van der Waals surface area contributed by atoms with Gasteiger partial charge in [0.15, 0.2) is 0 Å². The van der Waals surface area contributed by atoms with E-state index in [2.05, 4.69) is 26.0 Å². The van der Waals surface area contributed by atoms with Gasteiger partial charge in [0.1, 0.15) is 5.75 Å². The van der Waals surface area contributed by atoms with Crippen LogP contribution >= 0.6 is 0 Å². The number of hydrogen-bond donors (Lipinski definition) is 1. The van der Waals surface area contributed by atoms with Crippen molar-refractivity contribution in [3.8, 4) is 16.9 Å². The predicted octanol–water partition coefficient (Wildman–Crippen LogP) is 6.08. The molecule has 0 aliphatic carbocycles. The van der Waals surface area contributed by atoms with Crippen LogP contribution < -0.4 is 4.74 Å². The molecule has 0 aliphatic rings. The molecule has 0 fully saturated rings. The van der Waals surface area contributed by atoms with Crippen molar-refractivity contribution in [2.45, 2.75) is 27.2 Å². The number of esters is 1. The quantitative estimate of drug-likeness (QED) is 0.324. The Labute approximate surface area is 166 Å². The Morgan fingerprint density at radius 3 is 2.21 bits per heavy atom. The standard InChI is InChI=1S/C25H25NO2/c1-17(2)14-19-6-10-21(11-7-19)25(27)28-24-13-12-22(15-23(24)16-26)20-8-4-18(3)5-9-20/h4-13,15-17,26H,14H2,1-3H3. The van der Waals surface area contributed by atoms with Crippen molar-refractivity contribution in [3.05, 3.63) is 89.0 Å². The maximum atomic E-state index is 12.5. The summed E-state index contributed by atoms with van der Waals surface area (Å²) < 4.78 is 5.56. The molecule has 3 heteroatoms. The molecular weight excluding hydrogens is 346 g/mol. The molecule has 0 heterocycles. The average molecular weight is 371 g/mol. The van der Waals surface area contributed by atoms with Crippen LogP contribution in [0, 0.1) is 18.3 Å². The van der Waals surface area contributed by atoms with Gasteiger partial charge < -0.3 is 10.1 Å². The van der Waals surface area contributed by atoms with E-state index in [9.17, 15) is 4.79 Å². The van der Waals surface area contributed by atoms with Crippen LogP contribution in [0.3, 0.4) is 0 Å². The van der Waals surface area contributed by atoms with Gasteiger partial charge in [-0.3, -0.25) is 0 Å². The van der Waals surface area contributed by atoms with Gasteiger partial charge in [-0.25, -0.2) is 4.79 Å². The van der Waals surface area contributed by atoms with Gasteiger partial charge >= 0.3 is 5.97 Å². The fourth-order valence-electron chi connectivity index (χ4n) is 3.09. The molecule has 3 rings (SSSR count). The van der Waals surface area contributed by atoms with E-state index in [1.165, 1.54) is 17.3 Å². The van der Waals surface area contributed by atoms with E-state index >= 15 is 0 Å². The number of ether oxygens (including phenoxy) is 1. The first-order valence-corrected chi connectivity index (χ1v) is 9.49. The molecule has 3 nitrogen and oxygen atoms in total. The third-order valence-electron chi connectivity index (χ3n) is 4.59. The van der Waals surface area contributed by atoms with Gasteiger partial charge in [-0.05, 0) is 60.2 Å². The lowest BCUT2D eigenvalue weighted by atomic mass is 10.0. The molecule has 0 saturated carbocycles. The lowest BCUT2D eigenvalue weighted by Gasteiger charge is -2.10. The van der Waals surface area contributed by atoms with E-state index in [4.69, 9.17) is 10.1 Å². The van der Waals surface area contributed by atoms with Crippen LogP contribution in [0.4, 0.5) is 0 Å². The van der Waals surface area contributed by atoms with E-state index in [-0.39, 0.29) is 0 Å². The maximum absolute atomic E-state index is 12.5. The summed E-state index contributed by atoms with van der Waals surface area (Å²) in [7, 11) is 0. The summed E-state index contributed by atoms with van der Waals surface area (Å²) in [5.41, 5.74) is 5.52. The molecule has 0 unspecified atom stereocenters. The minimum Gasteiger partial charge on any atom is -0.422 e. The summed E-state index contributed by atoms with van der Waals surface area (Å²) in [6, 6.07) is 21.2. The zero-order valence-electron chi connectivity index (χ0n) is 16.5. The Morgan fingerprint density at radius 1 is 0.964 bits per heavy atom. The fraction of sp³-hybridized carbons (Fsp3) is 0.200. The Hall–Kier alpha value is -3.20. The van der Waals surface area contributed by atoms with Crippen molar-refractivity contribution in [3.63, 3.8) is 0 Å². The molecule has 0 radical (unpaired) electrons. The summed E-state index contributed by atoms with van der Waals surface area (Å²) in [6.45, 7) is 6.38. The Morgan fingerprint density at radius 2 is 1.61 bits per heavy atom. The van der Waals surface area contributed by atoms with Crippen LogP contribution in [-0.2, 0) is 6.42 Å². The van der Waals surface area contributed by atoms with Crippen LogP contribution in [0.25, 0.3) is 11.1 Å². The largest absolute Gasteiger partial charge is 0.422 e. The minimum absolute atomic E-state index is 0.391. The summed E-state index contributed by atoms with van der Waals surface area (Å²) >= 11 is 0. The SMILES string of the molecule is Cc1ccc(-c2ccc(OC(=O)c3ccc(CC(C)C)cc3)c(C=N)c2)cc1. The van der Waals surface area contributed by atoms with E-state index in [0.717, 1.165) is 17.5 Å². The van der Waals surface area contributed by atoms with Crippen LogP contribution in [-0.4, -0.2) is 12.2 Å². The molecule has 0 atom stereocenters. The highest BCUT2D eigenvalue weighted by Crippen LogP contribution is 2.27. The second-order valence-corrected chi connectivity index (χ2v) is 7.45. The van der Waals surface area contributed by atoms with Gasteiger partial charge in [-0.2, -0.15) is 0 Å². The predicted molar refractivity (Wildman–Crippen MR) is 114 cm³/mol. The highest BCUT2D eigenvalue weighted by molar-refractivity contribution is 5.93. The average Bonchev–Trinajstić information content (AvgIpc) is 2.69. The molecule has 1 N–H and O–H groups in total. The van der Waals surface area contributed by atoms with Crippen molar-refractivity contribution >= 4 is 12.2 Å². The Balaban J connectivity index is 1.78. The summed E-state index contributed by atoms with van der Waals surface area (Å²) in [5, 5.41) is 7.70. The van der Waals surface area contributed by atoms with Crippen molar-refractivity contribution in [2.24, 2.45) is 5.92 Å². The van der Waals surface area contributed by atoms with Crippen LogP contribution in [0.2, 0.25) is 0 Å². The molecular formula is C25H25NO2. The van der Waals surface area contributed by atoms with Crippen molar-refractivity contribution in [1.29, 1.82) is 5.41 Å². The number of carbonyl (C=O) groups is 1. The molecule has 0 bridgehead atoms. The number of aryl methyl sites for hydroxylation is 1. The molecule has 0 aromatic heterocycles. The molecule has 0 aliphatic heterocycles. The number of rotatable bonds is 6. The zero-order valence-corrected chi connectivity index (χ0v) is 16.5. The van der Waals surface area contributed by atoms with Gasteiger partial charge in [0, 0.05) is 11.8 Å². The lowest BCUT2D eigenvalue weighted by molar-refractivity contribution is 0.0734. The Kier molecular flexibility index (Phi) is 6.05. The summed E-state index contributed by atoms with van der Waals surface area (Å²) in [6.07, 6.45) is 2.19. The van der Waals surface area contributed by atoms with E-state index < -0.39 is 5.97 Å². The normalized spacial score (nSPS) is 10.7. The molecule has 0 saturated heterocycles. The van der Waals surface area contributed by atoms with Crippen molar-refractivity contribution in [2.75, 3.05) is 0 Å². The van der Waals surface area contributed by atoms with Crippen LogP contribution in [0.1, 0.15) is 40.9 Å². The van der Waals surface area contributed by atoms with E-state index in [1.807, 2.05) is 43.3 Å². The number of carbonyl (C=O) groups excluding carboxylic acids is 1. The van der Waals surface area contributed by atoms with Gasteiger partial charge in [-0.15, -0.1) is 0 Å². The number of nitrogens with one attached hydrogen (secondary N) is 1. The number of hydrogen-bond acceptors (Lipinski definition) is 3. The first kappa shape index (κ1) is 19.6. The highest BCUT2D eigenvalue weighted by atomic mass is 16.5. The fourth-order valence-corrected chi connectivity index (χ4v) is 3.09. The monoisotopic (exact) mass is 371 g/mol. The topological polar surface area (TPSA) is 50.2 Å². The van der Waals surface area contributed by atoms with Crippen LogP contribution in [0.15, 0.2) is 66.7 Å². The minimum atomic E-state index is -0.415. The van der Waals surface area contributed by atoms with Gasteiger partial charge in [0.25, 0.3) is 0 Å². The van der Waals surface area contributed by atoms with E-state index in [0.29, 0.717) is 22.8 Å². The summed E-state index contributed by atoms with van der Waals surface area (Å²) in [4.78, 5) is 12.5. The summed E-state index contributed by atoms with van der Waals surface area (Å²) in [5.74, 6) is 0.546. The third kappa shape index (κ3) is 4.74. The first-order valence-electron chi connectivity index (χ1n) is 9.49. The maximum Gasteiger partial charge on any atom is 0.343 e. The van der Waals surface area contributed by atoms with Crippen molar-refractivity contribution < 1.29 is 9.53 Å². The molecule has 0 amide bonds. The number of benzene rings is 3. The van der Waals surface area contributed by atoms with Gasteiger partial charge in [0.05, 0.1) is 5.56 Å². The van der Waals surface area contributed by atoms with E-state index in [1.54, 1.807) is 18.2 Å². The van der Waals surface area contributed by atoms with Gasteiger partial charge in [-0.1, -0.05) is 61.9 Å². The lowest BCUT2D eigenvalue weighted by Crippen LogP contribution is -2.10. The molecule has 28 heavy (non-hydrogen) atoms. The Bertz CT molecular complexity index is 970. The molecule has 3 aromatic carbocycles. The third-order valence-corrected chi connectivity index (χ3v) is 4.59. The molecule has 142 valence electrons. The van der Waals surface area contributed by atoms with Crippen LogP contribution in [0.5, 0.6) is 5.75 Å². The highest BCUT2D eigenvalue weighted by Gasteiger charge is 2.12. The second-order valence-electron chi connectivity index (χ2n) is 7.45. The smallest absolute Gasteiger partial charge is 0.343 e. The molecule has 3 aromatic rings. The first-order chi connectivity index (χ1) is 13.5. The second kappa shape index (κ2) is 8.66.